The lowest BCUT2D eigenvalue weighted by Gasteiger charge is -2.15. The van der Waals surface area contributed by atoms with Crippen molar-refractivity contribution in [3.63, 3.8) is 0 Å². The van der Waals surface area contributed by atoms with Crippen molar-refractivity contribution in [2.75, 3.05) is 0 Å². The zero-order valence-electron chi connectivity index (χ0n) is 12.0. The minimum Gasteiger partial charge on any atom is -0.309 e. The normalized spacial score (nSPS) is 12.3. The van der Waals surface area contributed by atoms with Crippen LogP contribution < -0.4 is 5.56 Å². The second-order valence-electron chi connectivity index (χ2n) is 4.99. The van der Waals surface area contributed by atoms with Gasteiger partial charge in [-0.3, -0.25) is 14.6 Å². The van der Waals surface area contributed by atoms with Crippen LogP contribution in [0.1, 0.15) is 26.7 Å². The van der Waals surface area contributed by atoms with Crippen molar-refractivity contribution in [2.45, 2.75) is 33.2 Å². The Morgan fingerprint density at radius 2 is 2.00 bits per heavy atom. The first kappa shape index (κ1) is 14.3. The van der Waals surface area contributed by atoms with Crippen LogP contribution in [-0.4, -0.2) is 15.5 Å². The summed E-state index contributed by atoms with van der Waals surface area (Å²) in [5.74, 6) is 0.187. The van der Waals surface area contributed by atoms with Crippen molar-refractivity contribution in [1.82, 2.24) is 9.78 Å². The number of hydrogen-bond acceptors (Lipinski definition) is 2. The topological polar surface area (TPSA) is 61.6 Å². The number of rotatable bonds is 6. The third-order valence-corrected chi connectivity index (χ3v) is 3.64. The van der Waals surface area contributed by atoms with Crippen molar-refractivity contribution >= 4 is 5.71 Å². The fourth-order valence-electron chi connectivity index (χ4n) is 2.37. The highest BCUT2D eigenvalue weighted by Crippen LogP contribution is 2.16. The van der Waals surface area contributed by atoms with Gasteiger partial charge in [0.15, 0.2) is 0 Å². The van der Waals surface area contributed by atoms with E-state index in [2.05, 4.69) is 12.0 Å². The maximum absolute atomic E-state index is 12.0. The summed E-state index contributed by atoms with van der Waals surface area (Å²) in [6.07, 6.45) is 3.52. The molecule has 1 aromatic carbocycles. The van der Waals surface area contributed by atoms with Gasteiger partial charge in [0.2, 0.25) is 0 Å². The quantitative estimate of drug-likeness (QED) is 0.778. The van der Waals surface area contributed by atoms with Crippen molar-refractivity contribution in [3.05, 3.63) is 46.9 Å². The summed E-state index contributed by atoms with van der Waals surface area (Å²) in [5.41, 5.74) is 2.27. The second-order valence-corrected chi connectivity index (χ2v) is 4.99. The van der Waals surface area contributed by atoms with Crippen LogP contribution in [0, 0.1) is 11.3 Å². The Labute approximate surface area is 118 Å². The molecule has 0 amide bonds. The lowest BCUT2D eigenvalue weighted by atomic mass is 9.98. The van der Waals surface area contributed by atoms with Gasteiger partial charge >= 0.3 is 0 Å². The van der Waals surface area contributed by atoms with Gasteiger partial charge < -0.3 is 5.41 Å². The summed E-state index contributed by atoms with van der Waals surface area (Å²) in [6, 6.07) is 9.65. The van der Waals surface area contributed by atoms with Crippen molar-refractivity contribution in [1.29, 1.82) is 5.41 Å². The van der Waals surface area contributed by atoms with Crippen LogP contribution in [0.15, 0.2) is 41.3 Å². The van der Waals surface area contributed by atoms with Gasteiger partial charge in [0.05, 0.1) is 5.56 Å². The van der Waals surface area contributed by atoms with E-state index in [1.54, 1.807) is 0 Å². The summed E-state index contributed by atoms with van der Waals surface area (Å²) in [7, 11) is 0. The van der Waals surface area contributed by atoms with Gasteiger partial charge in [-0.2, -0.15) is 0 Å². The molecule has 0 saturated carbocycles. The zero-order valence-corrected chi connectivity index (χ0v) is 12.0. The highest BCUT2D eigenvalue weighted by Gasteiger charge is 2.14. The number of nitrogens with one attached hydrogen (secondary N) is 2. The minimum absolute atomic E-state index is 0.0749. The lowest BCUT2D eigenvalue weighted by Crippen LogP contribution is -2.20. The van der Waals surface area contributed by atoms with E-state index in [1.807, 2.05) is 48.1 Å². The predicted octanol–water partition coefficient (Wildman–Crippen LogP) is 3.30. The molecule has 0 spiro atoms. The fourth-order valence-corrected chi connectivity index (χ4v) is 2.37. The highest BCUT2D eigenvalue weighted by atomic mass is 16.1. The van der Waals surface area contributed by atoms with Crippen LogP contribution in [-0.2, 0) is 6.54 Å². The molecule has 106 valence electrons. The molecule has 1 heterocycles. The molecular weight excluding hydrogens is 250 g/mol. The van der Waals surface area contributed by atoms with E-state index >= 15 is 0 Å². The van der Waals surface area contributed by atoms with Crippen molar-refractivity contribution < 1.29 is 0 Å². The van der Waals surface area contributed by atoms with Gasteiger partial charge in [-0.15, -0.1) is 0 Å². The maximum atomic E-state index is 12.0. The van der Waals surface area contributed by atoms with E-state index in [9.17, 15) is 4.79 Å². The Morgan fingerprint density at radius 1 is 1.30 bits per heavy atom. The molecule has 20 heavy (non-hydrogen) atoms. The van der Waals surface area contributed by atoms with Gasteiger partial charge in [0, 0.05) is 24.4 Å². The van der Waals surface area contributed by atoms with Crippen molar-refractivity contribution in [2.24, 2.45) is 5.92 Å². The molecule has 4 heteroatoms. The standard InChI is InChI=1S/C16H21N3O/c1-3-12(15(17)4-2)10-19-11-14(16(20)18-19)13-8-6-5-7-9-13/h5-9,11-12,17H,3-4,10H2,1-2H3,(H,18,20). The van der Waals surface area contributed by atoms with Crippen LogP contribution in [0.3, 0.4) is 0 Å². The summed E-state index contributed by atoms with van der Waals surface area (Å²) in [6.45, 7) is 4.73. The molecule has 2 rings (SSSR count). The summed E-state index contributed by atoms with van der Waals surface area (Å²) < 4.78 is 1.81. The molecule has 0 saturated heterocycles. The number of aromatic nitrogens is 2. The molecule has 0 aliphatic carbocycles. The predicted molar refractivity (Wildman–Crippen MR) is 82.3 cm³/mol. The van der Waals surface area contributed by atoms with E-state index < -0.39 is 0 Å². The average molecular weight is 271 g/mol. The first-order chi connectivity index (χ1) is 9.65. The van der Waals surface area contributed by atoms with Gasteiger partial charge in [-0.25, -0.2) is 0 Å². The number of nitrogens with zero attached hydrogens (tertiary/aromatic N) is 1. The van der Waals surface area contributed by atoms with E-state index in [0.717, 1.165) is 24.1 Å². The molecule has 0 radical (unpaired) electrons. The molecule has 1 aromatic heterocycles. The molecule has 1 atom stereocenters. The smallest absolute Gasteiger partial charge is 0.271 e. The molecule has 0 fully saturated rings. The highest BCUT2D eigenvalue weighted by molar-refractivity contribution is 5.83. The van der Waals surface area contributed by atoms with Crippen LogP contribution in [0.5, 0.6) is 0 Å². The first-order valence-electron chi connectivity index (χ1n) is 7.07. The fraction of sp³-hybridized carbons (Fsp3) is 0.375. The largest absolute Gasteiger partial charge is 0.309 e. The Bertz CT molecular complexity index is 625. The van der Waals surface area contributed by atoms with Gasteiger partial charge in [0.25, 0.3) is 5.56 Å². The summed E-state index contributed by atoms with van der Waals surface area (Å²) >= 11 is 0. The Morgan fingerprint density at radius 3 is 2.60 bits per heavy atom. The van der Waals surface area contributed by atoms with E-state index in [4.69, 9.17) is 5.41 Å². The van der Waals surface area contributed by atoms with E-state index in [1.165, 1.54) is 0 Å². The maximum Gasteiger partial charge on any atom is 0.271 e. The molecule has 0 aliphatic heterocycles. The number of H-pyrrole nitrogens is 1. The Hall–Kier alpha value is -2.10. The van der Waals surface area contributed by atoms with Gasteiger partial charge in [0.1, 0.15) is 0 Å². The van der Waals surface area contributed by atoms with Gasteiger partial charge in [-0.1, -0.05) is 44.2 Å². The zero-order chi connectivity index (χ0) is 14.5. The van der Waals surface area contributed by atoms with E-state index in [-0.39, 0.29) is 11.5 Å². The summed E-state index contributed by atoms with van der Waals surface area (Å²) in [4.78, 5) is 12.0. The lowest BCUT2D eigenvalue weighted by molar-refractivity contribution is 0.493. The molecular formula is C16H21N3O. The van der Waals surface area contributed by atoms with Crippen LogP contribution in [0.25, 0.3) is 11.1 Å². The molecule has 0 aliphatic rings. The Kier molecular flexibility index (Phi) is 4.56. The van der Waals surface area contributed by atoms with Crippen LogP contribution >= 0.6 is 0 Å². The molecule has 1 unspecified atom stereocenters. The minimum atomic E-state index is -0.0749. The average Bonchev–Trinajstić information content (AvgIpc) is 2.85. The SMILES string of the molecule is CCC(=N)C(CC)Cn1cc(-c2ccccc2)c(=O)[nH]1. The Balaban J connectivity index is 2.24. The number of benzene rings is 1. The summed E-state index contributed by atoms with van der Waals surface area (Å²) in [5, 5.41) is 10.8. The van der Waals surface area contributed by atoms with Crippen molar-refractivity contribution in [3.8, 4) is 11.1 Å². The number of hydrogen-bond donors (Lipinski definition) is 2. The number of aromatic amines is 1. The third kappa shape index (κ3) is 3.07. The third-order valence-electron chi connectivity index (χ3n) is 3.64. The second kappa shape index (κ2) is 6.37. The molecule has 0 bridgehead atoms. The molecule has 2 N–H and O–H groups in total. The van der Waals surface area contributed by atoms with Crippen LogP contribution in [0.2, 0.25) is 0 Å². The molecule has 2 aromatic rings. The molecule has 4 nitrogen and oxygen atoms in total. The van der Waals surface area contributed by atoms with Gasteiger partial charge in [-0.05, 0) is 18.4 Å². The van der Waals surface area contributed by atoms with Crippen LogP contribution in [0.4, 0.5) is 0 Å². The first-order valence-corrected chi connectivity index (χ1v) is 7.07. The monoisotopic (exact) mass is 271 g/mol. The van der Waals surface area contributed by atoms with E-state index in [0.29, 0.717) is 12.1 Å².